The highest BCUT2D eigenvalue weighted by Crippen LogP contribution is 2.40. The average molecular weight is 531 g/mol. The molecule has 3 heterocycles. The van der Waals surface area contributed by atoms with Gasteiger partial charge in [-0.3, -0.25) is 9.59 Å². The average Bonchev–Trinajstić information content (AvgIpc) is 2.96. The van der Waals surface area contributed by atoms with E-state index in [0.717, 1.165) is 31.7 Å². The van der Waals surface area contributed by atoms with E-state index in [9.17, 15) is 14.7 Å². The Morgan fingerprint density at radius 1 is 1.22 bits per heavy atom. The summed E-state index contributed by atoms with van der Waals surface area (Å²) in [4.78, 5) is 38.6. The molecule has 0 unspecified atom stereocenters. The lowest BCUT2D eigenvalue weighted by Gasteiger charge is -2.37. The summed E-state index contributed by atoms with van der Waals surface area (Å²) >= 11 is 7.83. The third-order valence-corrected chi connectivity index (χ3v) is 8.60. The van der Waals surface area contributed by atoms with Gasteiger partial charge in [-0.05, 0) is 44.2 Å². The second kappa shape index (κ2) is 9.48. The maximum atomic E-state index is 12.9. The minimum absolute atomic E-state index is 0.262. The summed E-state index contributed by atoms with van der Waals surface area (Å²) in [5, 5.41) is 13.9. The standard InChI is InChI=1S/C25H31ClN6O3S/c1-24(2)9-11-32(12-10-24)16-13-28-22(20(27)30-16)36-15-8-6-7-14(18(15)26)29-21(34)17-19(33)25(3,4)31(5)23(17)35/h6-8,13,33H,9-12H2,1-5H3,(H2,27,30)(H,29,34). The zero-order valence-electron chi connectivity index (χ0n) is 21.1. The molecule has 9 nitrogen and oxygen atoms in total. The quantitative estimate of drug-likeness (QED) is 0.483. The molecule has 1 fully saturated rings. The predicted octanol–water partition coefficient (Wildman–Crippen LogP) is 4.49. The van der Waals surface area contributed by atoms with Crippen LogP contribution in [0.1, 0.15) is 40.5 Å². The van der Waals surface area contributed by atoms with Crippen LogP contribution in [-0.2, 0) is 9.59 Å². The van der Waals surface area contributed by atoms with E-state index in [0.29, 0.717) is 26.8 Å². The number of nitrogens with two attached hydrogens (primary N) is 1. The number of hydrogen-bond acceptors (Lipinski definition) is 8. The number of likely N-dealkylation sites (N-methyl/N-ethyl adjacent to an activating group) is 1. The van der Waals surface area contributed by atoms with Gasteiger partial charge in [0, 0.05) is 25.0 Å². The SMILES string of the molecule is CN1C(=O)C(C(=O)Nc2cccc(Sc3ncc(N4CCC(C)(C)CC4)nc3N)c2Cl)=C(O)C1(C)C. The highest BCUT2D eigenvalue weighted by Gasteiger charge is 2.46. The minimum Gasteiger partial charge on any atom is -0.509 e. The number of rotatable bonds is 5. The van der Waals surface area contributed by atoms with Gasteiger partial charge in [0.1, 0.15) is 22.2 Å². The summed E-state index contributed by atoms with van der Waals surface area (Å²) < 4.78 is 0. The maximum absolute atomic E-state index is 12.9. The van der Waals surface area contributed by atoms with Crippen molar-refractivity contribution in [2.45, 2.75) is 56.0 Å². The monoisotopic (exact) mass is 530 g/mol. The molecular weight excluding hydrogens is 500 g/mol. The number of halogens is 1. The van der Waals surface area contributed by atoms with E-state index >= 15 is 0 Å². The number of aliphatic hydroxyl groups excluding tert-OH is 1. The van der Waals surface area contributed by atoms with Crippen LogP contribution in [0.5, 0.6) is 0 Å². The van der Waals surface area contributed by atoms with Crippen LogP contribution in [0.15, 0.2) is 45.6 Å². The van der Waals surface area contributed by atoms with Crippen molar-refractivity contribution >= 4 is 52.5 Å². The Hall–Kier alpha value is -2.98. The van der Waals surface area contributed by atoms with Gasteiger partial charge in [-0.1, -0.05) is 43.3 Å². The van der Waals surface area contributed by atoms with Crippen LogP contribution < -0.4 is 16.0 Å². The van der Waals surface area contributed by atoms with Crippen LogP contribution in [0, 0.1) is 5.41 Å². The van der Waals surface area contributed by atoms with Crippen LogP contribution in [0.3, 0.4) is 0 Å². The lowest BCUT2D eigenvalue weighted by Crippen LogP contribution is -2.40. The van der Waals surface area contributed by atoms with Crippen LogP contribution in [0.25, 0.3) is 0 Å². The molecule has 1 aromatic carbocycles. The number of hydrogen-bond donors (Lipinski definition) is 3. The van der Waals surface area contributed by atoms with Crippen molar-refractivity contribution in [1.82, 2.24) is 14.9 Å². The number of anilines is 3. The predicted molar refractivity (Wildman–Crippen MR) is 142 cm³/mol. The fourth-order valence-corrected chi connectivity index (χ4v) is 5.22. The number of nitrogens with one attached hydrogen (secondary N) is 1. The van der Waals surface area contributed by atoms with Gasteiger partial charge < -0.3 is 26.0 Å². The molecule has 0 saturated carbocycles. The Balaban J connectivity index is 1.51. The van der Waals surface area contributed by atoms with Gasteiger partial charge in [0.15, 0.2) is 5.82 Å². The van der Waals surface area contributed by atoms with Crippen molar-refractivity contribution in [1.29, 1.82) is 0 Å². The highest BCUT2D eigenvalue weighted by molar-refractivity contribution is 7.99. The van der Waals surface area contributed by atoms with Gasteiger partial charge in [-0.25, -0.2) is 9.97 Å². The van der Waals surface area contributed by atoms with Crippen LogP contribution in [0.4, 0.5) is 17.3 Å². The van der Waals surface area contributed by atoms with Crippen molar-refractivity contribution in [3.05, 3.63) is 40.8 Å². The molecule has 0 radical (unpaired) electrons. The molecule has 0 bridgehead atoms. The van der Waals surface area contributed by atoms with E-state index < -0.39 is 17.4 Å². The number of nitrogen functional groups attached to an aromatic ring is 1. The van der Waals surface area contributed by atoms with E-state index in [1.165, 1.54) is 23.7 Å². The van der Waals surface area contributed by atoms with Gasteiger partial charge >= 0.3 is 0 Å². The number of benzene rings is 1. The second-order valence-electron chi connectivity index (χ2n) is 10.4. The zero-order valence-corrected chi connectivity index (χ0v) is 22.6. The lowest BCUT2D eigenvalue weighted by molar-refractivity contribution is -0.129. The van der Waals surface area contributed by atoms with E-state index in [1.54, 1.807) is 38.2 Å². The van der Waals surface area contributed by atoms with Gasteiger partial charge in [-0.2, -0.15) is 0 Å². The van der Waals surface area contributed by atoms with Crippen molar-refractivity contribution < 1.29 is 14.7 Å². The molecule has 1 aromatic heterocycles. The fourth-order valence-electron chi connectivity index (χ4n) is 4.12. The molecule has 2 aliphatic heterocycles. The molecule has 0 spiro atoms. The van der Waals surface area contributed by atoms with E-state index in [1.807, 2.05) is 0 Å². The summed E-state index contributed by atoms with van der Waals surface area (Å²) in [6.45, 7) is 9.68. The number of nitrogens with zero attached hydrogens (tertiary/aromatic N) is 4. The summed E-state index contributed by atoms with van der Waals surface area (Å²) in [5.41, 5.74) is 5.59. The smallest absolute Gasteiger partial charge is 0.264 e. The van der Waals surface area contributed by atoms with E-state index in [-0.39, 0.29) is 16.4 Å². The maximum Gasteiger partial charge on any atom is 0.264 e. The lowest BCUT2D eigenvalue weighted by atomic mass is 9.83. The topological polar surface area (TPSA) is 125 Å². The number of carbonyl (C=O) groups is 2. The summed E-state index contributed by atoms with van der Waals surface area (Å²) in [5.74, 6) is -0.523. The Morgan fingerprint density at radius 3 is 2.47 bits per heavy atom. The first-order valence-electron chi connectivity index (χ1n) is 11.7. The Kier molecular flexibility index (Phi) is 6.87. The number of aromatic nitrogens is 2. The van der Waals surface area contributed by atoms with Crippen molar-refractivity contribution in [2.75, 3.05) is 36.1 Å². The number of carbonyl (C=O) groups excluding carboxylic acids is 2. The van der Waals surface area contributed by atoms with Crippen LogP contribution >= 0.6 is 23.4 Å². The van der Waals surface area contributed by atoms with Gasteiger partial charge in [-0.15, -0.1) is 0 Å². The fraction of sp³-hybridized carbons (Fsp3) is 0.440. The van der Waals surface area contributed by atoms with E-state index in [2.05, 4.69) is 34.0 Å². The summed E-state index contributed by atoms with van der Waals surface area (Å²) in [6.07, 6.45) is 3.87. The molecule has 192 valence electrons. The third kappa shape index (κ3) is 4.84. The molecule has 0 aliphatic carbocycles. The van der Waals surface area contributed by atoms with E-state index in [4.69, 9.17) is 17.3 Å². The summed E-state index contributed by atoms with van der Waals surface area (Å²) in [7, 11) is 1.53. The van der Waals surface area contributed by atoms with Crippen LogP contribution in [0.2, 0.25) is 5.02 Å². The molecule has 2 aromatic rings. The molecule has 0 atom stereocenters. The van der Waals surface area contributed by atoms with Crippen LogP contribution in [-0.4, -0.2) is 57.5 Å². The molecule has 2 aliphatic rings. The Morgan fingerprint density at radius 2 is 1.89 bits per heavy atom. The normalized spacial score (nSPS) is 19.1. The van der Waals surface area contributed by atoms with Crippen molar-refractivity contribution in [3.63, 3.8) is 0 Å². The van der Waals surface area contributed by atoms with Crippen molar-refractivity contribution in [3.8, 4) is 0 Å². The number of piperidine rings is 1. The first kappa shape index (κ1) is 26.1. The molecule has 4 rings (SSSR count). The van der Waals surface area contributed by atoms with Crippen molar-refractivity contribution in [2.24, 2.45) is 5.41 Å². The largest absolute Gasteiger partial charge is 0.509 e. The molecule has 36 heavy (non-hydrogen) atoms. The zero-order chi connectivity index (χ0) is 26.4. The molecular formula is C25H31ClN6O3S. The molecule has 1 saturated heterocycles. The van der Waals surface area contributed by atoms with Gasteiger partial charge in [0.05, 0.1) is 22.4 Å². The Labute approximate surface area is 220 Å². The number of aliphatic hydroxyl groups is 1. The first-order chi connectivity index (χ1) is 16.8. The molecule has 2 amide bonds. The third-order valence-electron chi connectivity index (χ3n) is 7.01. The van der Waals surface area contributed by atoms with Gasteiger partial charge in [0.2, 0.25) is 0 Å². The Bertz CT molecular complexity index is 1250. The number of amides is 2. The first-order valence-corrected chi connectivity index (χ1v) is 12.9. The summed E-state index contributed by atoms with van der Waals surface area (Å²) in [6, 6.07) is 5.11. The molecule has 4 N–H and O–H groups in total. The highest BCUT2D eigenvalue weighted by atomic mass is 35.5. The van der Waals surface area contributed by atoms with Gasteiger partial charge in [0.25, 0.3) is 11.8 Å². The minimum atomic E-state index is -0.974. The second-order valence-corrected chi connectivity index (χ2v) is 11.8. The molecule has 11 heteroatoms.